The number of alkyl halides is 3. The van der Waals surface area contributed by atoms with Gasteiger partial charge >= 0.3 is 6.18 Å². The summed E-state index contributed by atoms with van der Waals surface area (Å²) in [7, 11) is 0. The molecule has 37 heavy (non-hydrogen) atoms. The number of carbonyl (C=O) groups excluding carboxylic acids is 1. The van der Waals surface area contributed by atoms with Crippen molar-refractivity contribution in [3.8, 4) is 17.1 Å². The Bertz CT molecular complexity index is 1470. The number of halogens is 3. The Labute approximate surface area is 215 Å². The average molecular weight is 528 g/mol. The van der Waals surface area contributed by atoms with Crippen LogP contribution in [0.5, 0.6) is 0 Å². The number of anilines is 1. The molecule has 0 fully saturated rings. The number of hydrogen-bond acceptors (Lipinski definition) is 5. The first kappa shape index (κ1) is 25.1. The van der Waals surface area contributed by atoms with Crippen LogP contribution in [-0.2, 0) is 23.9 Å². The van der Waals surface area contributed by atoms with Crippen LogP contribution in [0.3, 0.4) is 0 Å². The quantitative estimate of drug-likeness (QED) is 0.278. The van der Waals surface area contributed by atoms with E-state index in [4.69, 9.17) is 0 Å². The molecule has 2 aromatic rings. The summed E-state index contributed by atoms with van der Waals surface area (Å²) < 4.78 is 42.5. The molecule has 1 atom stereocenters. The molecule has 0 unspecified atom stereocenters. The van der Waals surface area contributed by atoms with Gasteiger partial charge in [-0.25, -0.2) is 4.98 Å². The zero-order chi connectivity index (χ0) is 26.2. The Hall–Kier alpha value is -3.60. The SMILES string of the molecule is C[C@@H](Sc1nc2nn(-c3ccccc3)c(=O)c-2c2n1CCCCC2)C(=O)Nc1cccc(C(F)(F)F)c1. The van der Waals surface area contributed by atoms with Crippen molar-refractivity contribution < 1.29 is 18.0 Å². The van der Waals surface area contributed by atoms with E-state index in [1.807, 2.05) is 22.8 Å². The number of amides is 1. The van der Waals surface area contributed by atoms with Gasteiger partial charge in [0.15, 0.2) is 11.0 Å². The van der Waals surface area contributed by atoms with Crippen molar-refractivity contribution in [3.63, 3.8) is 0 Å². The van der Waals surface area contributed by atoms with Crippen molar-refractivity contribution in [2.24, 2.45) is 0 Å². The highest BCUT2D eigenvalue weighted by Gasteiger charge is 2.31. The van der Waals surface area contributed by atoms with Gasteiger partial charge in [-0.15, -0.1) is 5.10 Å². The summed E-state index contributed by atoms with van der Waals surface area (Å²) in [6.45, 7) is 2.32. The number of carbonyl (C=O) groups is 1. The number of aromatic nitrogens is 4. The zero-order valence-electron chi connectivity index (χ0n) is 20.0. The summed E-state index contributed by atoms with van der Waals surface area (Å²) in [5, 5.41) is 6.95. The summed E-state index contributed by atoms with van der Waals surface area (Å²) in [4.78, 5) is 30.9. The maximum Gasteiger partial charge on any atom is 0.416 e. The molecule has 7 nitrogen and oxygen atoms in total. The fourth-order valence-electron chi connectivity index (χ4n) is 4.42. The minimum absolute atomic E-state index is 0.0692. The van der Waals surface area contributed by atoms with Gasteiger partial charge < -0.3 is 9.88 Å². The molecule has 11 heteroatoms. The second-order valence-corrected chi connectivity index (χ2v) is 10.2. The lowest BCUT2D eigenvalue weighted by Crippen LogP contribution is -2.24. The Morgan fingerprint density at radius 1 is 1.08 bits per heavy atom. The number of benzene rings is 2. The van der Waals surface area contributed by atoms with Crippen molar-refractivity contribution in [1.82, 2.24) is 19.3 Å². The molecule has 3 aliphatic rings. The summed E-state index contributed by atoms with van der Waals surface area (Å²) in [6.07, 6.45) is -0.986. The van der Waals surface area contributed by atoms with Gasteiger partial charge in [-0.05, 0) is 56.5 Å². The molecule has 0 bridgehead atoms. The fourth-order valence-corrected chi connectivity index (χ4v) is 5.37. The number of nitrogens with one attached hydrogen (secondary N) is 1. The predicted molar refractivity (Wildman–Crippen MR) is 135 cm³/mol. The molecule has 2 aromatic carbocycles. The lowest BCUT2D eigenvalue weighted by atomic mass is 10.1. The minimum atomic E-state index is -4.50. The number of hydrogen-bond donors (Lipinski definition) is 1. The molecular formula is C26H24F3N5O2S. The summed E-state index contributed by atoms with van der Waals surface area (Å²) in [6, 6.07) is 13.7. The van der Waals surface area contributed by atoms with Gasteiger partial charge in [0.1, 0.15) is 5.56 Å². The molecule has 3 heterocycles. The predicted octanol–water partition coefficient (Wildman–Crippen LogP) is 5.40. The first-order valence-electron chi connectivity index (χ1n) is 11.9. The number of para-hydroxylation sites is 1. The van der Waals surface area contributed by atoms with E-state index in [1.54, 1.807) is 19.1 Å². The lowest BCUT2D eigenvalue weighted by Gasteiger charge is -2.20. The Balaban J connectivity index is 1.47. The molecule has 0 aliphatic carbocycles. The van der Waals surface area contributed by atoms with E-state index in [0.717, 1.165) is 37.1 Å². The van der Waals surface area contributed by atoms with Crippen LogP contribution in [0.4, 0.5) is 18.9 Å². The fraction of sp³-hybridized carbons (Fsp3) is 0.308. The first-order valence-corrected chi connectivity index (χ1v) is 12.8. The van der Waals surface area contributed by atoms with Crippen LogP contribution in [0.2, 0.25) is 0 Å². The number of nitrogens with zero attached hydrogens (tertiary/aromatic N) is 4. The molecule has 1 N–H and O–H groups in total. The molecule has 5 rings (SSSR count). The van der Waals surface area contributed by atoms with E-state index in [1.165, 1.54) is 28.6 Å². The van der Waals surface area contributed by atoms with E-state index in [0.29, 0.717) is 35.2 Å². The van der Waals surface area contributed by atoms with Gasteiger partial charge in [-0.2, -0.15) is 17.9 Å². The van der Waals surface area contributed by atoms with Crippen LogP contribution < -0.4 is 10.9 Å². The van der Waals surface area contributed by atoms with Crippen LogP contribution in [0.25, 0.3) is 17.1 Å². The van der Waals surface area contributed by atoms with Gasteiger partial charge in [0.2, 0.25) is 5.91 Å². The maximum absolute atomic E-state index is 13.4. The second-order valence-electron chi connectivity index (χ2n) is 8.88. The van der Waals surface area contributed by atoms with E-state index >= 15 is 0 Å². The van der Waals surface area contributed by atoms with Crippen LogP contribution in [0, 0.1) is 0 Å². The standard InChI is InChI=1S/C26H24F3N5O2S/c1-16(23(35)30-18-10-8-9-17(15-18)26(27,28)29)37-25-31-22-21(20-13-6-3-7-14-33(20)25)24(36)34(32-22)19-11-4-2-5-12-19/h2,4-5,8-12,15-16H,3,6-7,13-14H2,1H3,(H,30,35)/t16-/m1/s1. The van der Waals surface area contributed by atoms with Crippen LogP contribution in [-0.4, -0.2) is 30.5 Å². The van der Waals surface area contributed by atoms with Crippen molar-refractivity contribution in [2.75, 3.05) is 5.32 Å². The first-order chi connectivity index (χ1) is 17.7. The summed E-state index contributed by atoms with van der Waals surface area (Å²) >= 11 is 1.20. The van der Waals surface area contributed by atoms with E-state index in [2.05, 4.69) is 15.4 Å². The normalized spacial score (nSPS) is 14.7. The molecule has 3 aliphatic heterocycles. The van der Waals surface area contributed by atoms with E-state index in [9.17, 15) is 22.8 Å². The molecule has 0 spiro atoms. The molecule has 192 valence electrons. The van der Waals surface area contributed by atoms with Gasteiger partial charge in [0, 0.05) is 17.9 Å². The topological polar surface area (TPSA) is 81.8 Å². The largest absolute Gasteiger partial charge is 0.416 e. The van der Waals surface area contributed by atoms with E-state index in [-0.39, 0.29) is 11.2 Å². The Morgan fingerprint density at radius 3 is 2.62 bits per heavy atom. The average Bonchev–Trinajstić information content (AvgIpc) is 3.03. The van der Waals surface area contributed by atoms with Gasteiger partial charge in [0.25, 0.3) is 5.56 Å². The third kappa shape index (κ3) is 5.13. The molecule has 0 saturated carbocycles. The minimum Gasteiger partial charge on any atom is -0.325 e. The zero-order valence-corrected chi connectivity index (χ0v) is 20.8. The van der Waals surface area contributed by atoms with Crippen LogP contribution >= 0.6 is 11.8 Å². The smallest absolute Gasteiger partial charge is 0.325 e. The number of thioether (sulfide) groups is 1. The molecule has 0 saturated heterocycles. The monoisotopic (exact) mass is 527 g/mol. The summed E-state index contributed by atoms with van der Waals surface area (Å²) in [5.41, 5.74) is 0.978. The third-order valence-corrected chi connectivity index (χ3v) is 7.37. The highest BCUT2D eigenvalue weighted by molar-refractivity contribution is 8.00. The highest BCUT2D eigenvalue weighted by atomic mass is 32.2. The van der Waals surface area contributed by atoms with Crippen molar-refractivity contribution >= 4 is 23.4 Å². The third-order valence-electron chi connectivity index (χ3n) is 6.28. The maximum atomic E-state index is 13.4. The number of rotatable bonds is 5. The highest BCUT2D eigenvalue weighted by Crippen LogP contribution is 2.33. The van der Waals surface area contributed by atoms with Gasteiger partial charge in [-0.3, -0.25) is 9.59 Å². The Kier molecular flexibility index (Phi) is 6.80. The molecular weight excluding hydrogens is 503 g/mol. The second kappa shape index (κ2) is 10.0. The molecule has 1 amide bonds. The molecule has 0 radical (unpaired) electrons. The van der Waals surface area contributed by atoms with Crippen molar-refractivity contribution in [2.45, 2.75) is 55.7 Å². The van der Waals surface area contributed by atoms with Crippen LogP contribution in [0.1, 0.15) is 37.4 Å². The number of fused-ring (bicyclic) bond motifs is 3. The van der Waals surface area contributed by atoms with Crippen molar-refractivity contribution in [1.29, 1.82) is 0 Å². The molecule has 0 aromatic heterocycles. The van der Waals surface area contributed by atoms with Gasteiger partial charge in [-0.1, -0.05) is 42.4 Å². The Morgan fingerprint density at radius 2 is 1.86 bits per heavy atom. The summed E-state index contributed by atoms with van der Waals surface area (Å²) in [5.74, 6) is -0.136. The van der Waals surface area contributed by atoms with Crippen LogP contribution in [0.15, 0.2) is 64.5 Å². The van der Waals surface area contributed by atoms with E-state index < -0.39 is 22.9 Å². The van der Waals surface area contributed by atoms with Gasteiger partial charge in [0.05, 0.1) is 16.5 Å². The lowest BCUT2D eigenvalue weighted by molar-refractivity contribution is -0.137. The van der Waals surface area contributed by atoms with Crippen molar-refractivity contribution in [3.05, 3.63) is 76.2 Å².